The molecule has 0 spiro atoms. The van der Waals surface area contributed by atoms with Crippen molar-refractivity contribution in [1.29, 1.82) is 0 Å². The molecular weight excluding hydrogens is 436 g/mol. The van der Waals surface area contributed by atoms with Crippen LogP contribution in [0.3, 0.4) is 0 Å². The van der Waals surface area contributed by atoms with Crippen molar-refractivity contribution in [3.05, 3.63) is 64.2 Å². The van der Waals surface area contributed by atoms with Gasteiger partial charge in [-0.05, 0) is 57.9 Å². The summed E-state index contributed by atoms with van der Waals surface area (Å²) in [7, 11) is 2.86. The Bertz CT molecular complexity index is 1120. The van der Waals surface area contributed by atoms with Crippen LogP contribution in [0.15, 0.2) is 42.0 Å². The molecule has 0 fully saturated rings. The van der Waals surface area contributed by atoms with Crippen LogP contribution in [0.4, 0.5) is 0 Å². The molecule has 34 heavy (non-hydrogen) atoms. The van der Waals surface area contributed by atoms with Gasteiger partial charge in [-0.25, -0.2) is 0 Å². The van der Waals surface area contributed by atoms with E-state index in [0.29, 0.717) is 28.9 Å². The first-order chi connectivity index (χ1) is 16.0. The Hall–Kier alpha value is -3.29. The average molecular weight is 469 g/mol. The Balaban J connectivity index is 2.24. The van der Waals surface area contributed by atoms with E-state index < -0.39 is 23.6 Å². The van der Waals surface area contributed by atoms with Crippen LogP contribution in [0.2, 0.25) is 0 Å². The van der Waals surface area contributed by atoms with Crippen LogP contribution in [-0.4, -0.2) is 47.0 Å². The van der Waals surface area contributed by atoms with Gasteiger partial charge >= 0.3 is 0 Å². The van der Waals surface area contributed by atoms with Gasteiger partial charge < -0.3 is 29.5 Å². The van der Waals surface area contributed by atoms with Gasteiger partial charge in [0.1, 0.15) is 46.4 Å². The van der Waals surface area contributed by atoms with E-state index in [1.807, 2.05) is 19.9 Å². The highest BCUT2D eigenvalue weighted by Gasteiger charge is 2.47. The standard InChI is InChI=1S/C27H32O7/c1-15(2)7-13-18-22(30)20(19(29)14-10-16-8-11-17(28)12-9-16)24(32-5)21-23(18)34-27(3,4)26(31)25(21)33-6/h7-12,14,25-26,28,30-31H,13H2,1-6H3. The van der Waals surface area contributed by atoms with Gasteiger partial charge in [-0.2, -0.15) is 0 Å². The summed E-state index contributed by atoms with van der Waals surface area (Å²) >= 11 is 0. The Kier molecular flexibility index (Phi) is 7.38. The molecule has 1 aliphatic heterocycles. The molecule has 0 aromatic heterocycles. The molecule has 7 nitrogen and oxygen atoms in total. The van der Waals surface area contributed by atoms with Gasteiger partial charge in [0.05, 0.1) is 12.7 Å². The number of phenolic OH excluding ortho intramolecular Hbond substituents is 2. The van der Waals surface area contributed by atoms with Crippen LogP contribution in [0.5, 0.6) is 23.0 Å². The number of aliphatic hydroxyl groups excluding tert-OH is 1. The summed E-state index contributed by atoms with van der Waals surface area (Å²) in [6, 6.07) is 6.36. The number of phenols is 2. The van der Waals surface area contributed by atoms with Crippen molar-refractivity contribution in [3.8, 4) is 23.0 Å². The number of benzene rings is 2. The molecule has 0 saturated heterocycles. The van der Waals surface area contributed by atoms with E-state index >= 15 is 0 Å². The molecule has 0 radical (unpaired) electrons. The van der Waals surface area contributed by atoms with Crippen LogP contribution >= 0.6 is 0 Å². The molecule has 2 atom stereocenters. The topological polar surface area (TPSA) is 105 Å². The zero-order valence-electron chi connectivity index (χ0n) is 20.4. The largest absolute Gasteiger partial charge is 0.508 e. The minimum Gasteiger partial charge on any atom is -0.508 e. The number of aliphatic hydroxyl groups is 1. The average Bonchev–Trinajstić information content (AvgIpc) is 2.78. The third-order valence-electron chi connectivity index (χ3n) is 5.90. The van der Waals surface area contributed by atoms with E-state index in [-0.39, 0.29) is 22.8 Å². The first kappa shape index (κ1) is 25.3. The van der Waals surface area contributed by atoms with Crippen molar-refractivity contribution < 1.29 is 34.3 Å². The van der Waals surface area contributed by atoms with E-state index in [9.17, 15) is 20.1 Å². The van der Waals surface area contributed by atoms with Gasteiger partial charge in [-0.1, -0.05) is 29.9 Å². The number of allylic oxidation sites excluding steroid dienone is 3. The maximum atomic E-state index is 13.3. The number of hydrogen-bond donors (Lipinski definition) is 3. The van der Waals surface area contributed by atoms with Crippen molar-refractivity contribution in [1.82, 2.24) is 0 Å². The van der Waals surface area contributed by atoms with Crippen molar-refractivity contribution in [2.75, 3.05) is 14.2 Å². The summed E-state index contributed by atoms with van der Waals surface area (Å²) in [5.74, 6) is -0.176. The van der Waals surface area contributed by atoms with Crippen molar-refractivity contribution in [2.24, 2.45) is 0 Å². The van der Waals surface area contributed by atoms with Crippen molar-refractivity contribution in [2.45, 2.75) is 51.9 Å². The van der Waals surface area contributed by atoms with Gasteiger partial charge in [0.2, 0.25) is 0 Å². The maximum Gasteiger partial charge on any atom is 0.193 e. The minimum atomic E-state index is -1.05. The third-order valence-corrected chi connectivity index (χ3v) is 5.90. The number of hydrogen-bond acceptors (Lipinski definition) is 7. The summed E-state index contributed by atoms with van der Waals surface area (Å²) in [6.07, 6.45) is 3.25. The predicted octanol–water partition coefficient (Wildman–Crippen LogP) is 4.73. The Morgan fingerprint density at radius 1 is 1.15 bits per heavy atom. The first-order valence-corrected chi connectivity index (χ1v) is 11.0. The quantitative estimate of drug-likeness (QED) is 0.306. The van der Waals surface area contributed by atoms with Crippen molar-refractivity contribution >= 4 is 11.9 Å². The van der Waals surface area contributed by atoms with E-state index in [2.05, 4.69) is 0 Å². The number of methoxy groups -OCH3 is 2. The van der Waals surface area contributed by atoms with E-state index in [4.69, 9.17) is 14.2 Å². The lowest BCUT2D eigenvalue weighted by Crippen LogP contribution is -2.49. The molecule has 0 aliphatic carbocycles. The highest BCUT2D eigenvalue weighted by atomic mass is 16.5. The zero-order chi connectivity index (χ0) is 25.2. The Morgan fingerprint density at radius 3 is 2.35 bits per heavy atom. The molecule has 0 bridgehead atoms. The molecule has 2 aromatic carbocycles. The van der Waals surface area contributed by atoms with E-state index in [1.54, 1.807) is 32.1 Å². The van der Waals surface area contributed by atoms with Gasteiger partial charge in [0, 0.05) is 12.7 Å². The number of fused-ring (bicyclic) bond motifs is 1. The van der Waals surface area contributed by atoms with Gasteiger partial charge in [0.15, 0.2) is 5.78 Å². The van der Waals surface area contributed by atoms with E-state index in [0.717, 1.165) is 5.57 Å². The lowest BCUT2D eigenvalue weighted by molar-refractivity contribution is -0.125. The first-order valence-electron chi connectivity index (χ1n) is 11.0. The van der Waals surface area contributed by atoms with Crippen LogP contribution in [0, 0.1) is 0 Å². The smallest absolute Gasteiger partial charge is 0.193 e. The van der Waals surface area contributed by atoms with Crippen LogP contribution in [-0.2, 0) is 11.2 Å². The molecule has 1 aliphatic rings. The fraction of sp³-hybridized carbons (Fsp3) is 0.370. The van der Waals surface area contributed by atoms with Gasteiger partial charge in [-0.3, -0.25) is 4.79 Å². The molecule has 0 amide bonds. The fourth-order valence-electron chi connectivity index (χ4n) is 4.01. The lowest BCUT2D eigenvalue weighted by Gasteiger charge is -2.43. The third kappa shape index (κ3) is 4.81. The number of carbonyl (C=O) groups is 1. The van der Waals surface area contributed by atoms with Crippen LogP contribution in [0.25, 0.3) is 6.08 Å². The second kappa shape index (κ2) is 9.91. The number of aromatic hydroxyl groups is 2. The summed E-state index contributed by atoms with van der Waals surface area (Å²) in [6.45, 7) is 7.35. The summed E-state index contributed by atoms with van der Waals surface area (Å²) in [5, 5.41) is 31.7. The van der Waals surface area contributed by atoms with Gasteiger partial charge in [-0.15, -0.1) is 0 Å². The highest BCUT2D eigenvalue weighted by molar-refractivity contribution is 6.11. The SMILES string of the molecule is COc1c(C(=O)C=Cc2ccc(O)cc2)c(O)c(CC=C(C)C)c2c1C(OC)C(O)C(C)(C)O2. The second-order valence-corrected chi connectivity index (χ2v) is 9.06. The van der Waals surface area contributed by atoms with Crippen LogP contribution in [0.1, 0.15) is 60.8 Å². The predicted molar refractivity (Wildman–Crippen MR) is 130 cm³/mol. The molecule has 3 N–H and O–H groups in total. The molecule has 0 saturated carbocycles. The maximum absolute atomic E-state index is 13.3. The fourth-order valence-corrected chi connectivity index (χ4v) is 4.01. The summed E-state index contributed by atoms with van der Waals surface area (Å²) in [5.41, 5.74) is 1.49. The van der Waals surface area contributed by atoms with Crippen molar-refractivity contribution in [3.63, 3.8) is 0 Å². The van der Waals surface area contributed by atoms with Gasteiger partial charge in [0.25, 0.3) is 0 Å². The number of carbonyl (C=O) groups excluding carboxylic acids is 1. The molecule has 182 valence electrons. The summed E-state index contributed by atoms with van der Waals surface area (Å²) in [4.78, 5) is 13.3. The number of ether oxygens (including phenoxy) is 3. The Labute approximate surface area is 199 Å². The lowest BCUT2D eigenvalue weighted by atomic mass is 9.83. The zero-order valence-corrected chi connectivity index (χ0v) is 20.4. The normalized spacial score (nSPS) is 18.8. The molecule has 2 aromatic rings. The molecule has 7 heteroatoms. The molecule has 1 heterocycles. The highest BCUT2D eigenvalue weighted by Crippen LogP contribution is 2.53. The van der Waals surface area contributed by atoms with Crippen LogP contribution < -0.4 is 9.47 Å². The molecule has 3 rings (SSSR count). The summed E-state index contributed by atoms with van der Waals surface area (Å²) < 4.78 is 17.4. The second-order valence-electron chi connectivity index (χ2n) is 9.06. The molecule has 2 unspecified atom stereocenters. The number of ketones is 1. The van der Waals surface area contributed by atoms with E-state index in [1.165, 1.54) is 32.4 Å². The number of rotatable bonds is 7. The minimum absolute atomic E-state index is 0.0361. The monoisotopic (exact) mass is 468 g/mol. The molecular formula is C27H32O7. The Morgan fingerprint density at radius 2 is 1.79 bits per heavy atom.